The summed E-state index contributed by atoms with van der Waals surface area (Å²) in [5.41, 5.74) is 2.15. The lowest BCUT2D eigenvalue weighted by Crippen LogP contribution is -2.29. The Morgan fingerprint density at radius 2 is 1.35 bits per heavy atom. The van der Waals surface area contributed by atoms with Gasteiger partial charge in [-0.2, -0.15) is 0 Å². The zero-order valence-corrected chi connectivity index (χ0v) is 14.2. The molecular weight excluding hydrogens is 328 g/mol. The summed E-state index contributed by atoms with van der Waals surface area (Å²) in [5.74, 6) is 0.231. The van der Waals surface area contributed by atoms with Crippen molar-refractivity contribution in [2.24, 2.45) is 0 Å². The molecule has 0 saturated carbocycles. The normalized spacial score (nSPS) is 11.5. The molecule has 0 aliphatic carbocycles. The minimum Gasteiger partial charge on any atom is -0.493 e. The largest absolute Gasteiger partial charge is 0.493 e. The smallest absolute Gasteiger partial charge is 0.345 e. The Morgan fingerprint density at radius 3 is 1.96 bits per heavy atom. The molecule has 0 heterocycles. The van der Waals surface area contributed by atoms with E-state index in [4.69, 9.17) is 9.47 Å². The molecule has 0 aromatic heterocycles. The Morgan fingerprint density at radius 1 is 0.769 bits per heavy atom. The topological polar surface area (TPSA) is 55.8 Å². The molecule has 0 amide bonds. The van der Waals surface area contributed by atoms with E-state index >= 15 is 0 Å². The van der Waals surface area contributed by atoms with Crippen molar-refractivity contribution in [2.45, 2.75) is 12.5 Å². The van der Waals surface area contributed by atoms with Gasteiger partial charge in [0.1, 0.15) is 11.5 Å². The van der Waals surface area contributed by atoms with E-state index in [1.165, 1.54) is 0 Å². The predicted octanol–water partition coefficient (Wildman–Crippen LogP) is 4.65. The monoisotopic (exact) mass is 348 g/mol. The number of hydrogen-bond donors (Lipinski definition) is 1. The van der Waals surface area contributed by atoms with Crippen LogP contribution in [0.4, 0.5) is 0 Å². The molecule has 0 saturated heterocycles. The van der Waals surface area contributed by atoms with Gasteiger partial charge in [0.05, 0.1) is 6.61 Å². The zero-order valence-electron chi connectivity index (χ0n) is 14.2. The fraction of sp³-hybridized carbons (Fsp3) is 0.136. The molecule has 3 aromatic carbocycles. The van der Waals surface area contributed by atoms with Gasteiger partial charge >= 0.3 is 5.97 Å². The van der Waals surface area contributed by atoms with Crippen molar-refractivity contribution < 1.29 is 19.4 Å². The van der Waals surface area contributed by atoms with Crippen LogP contribution in [0.5, 0.6) is 11.5 Å². The molecule has 0 aliphatic heterocycles. The van der Waals surface area contributed by atoms with E-state index < -0.39 is 12.1 Å². The number of carboxylic acid groups (broad SMARTS) is 1. The van der Waals surface area contributed by atoms with Gasteiger partial charge in [0, 0.05) is 6.42 Å². The minimum absolute atomic E-state index is 0.255. The highest BCUT2D eigenvalue weighted by Crippen LogP contribution is 2.23. The lowest BCUT2D eigenvalue weighted by atomic mass is 10.1. The summed E-state index contributed by atoms with van der Waals surface area (Å²) in [5, 5.41) is 9.38. The third kappa shape index (κ3) is 4.86. The fourth-order valence-electron chi connectivity index (χ4n) is 2.55. The minimum atomic E-state index is -1.01. The van der Waals surface area contributed by atoms with E-state index in [1.54, 1.807) is 12.1 Å². The van der Waals surface area contributed by atoms with Crippen LogP contribution in [0.25, 0.3) is 11.1 Å². The highest BCUT2D eigenvalue weighted by Gasteiger charge is 2.19. The molecule has 0 unspecified atom stereocenters. The van der Waals surface area contributed by atoms with Gasteiger partial charge in [-0.25, -0.2) is 4.79 Å². The third-order valence-electron chi connectivity index (χ3n) is 3.91. The average molecular weight is 348 g/mol. The van der Waals surface area contributed by atoms with E-state index in [9.17, 15) is 9.90 Å². The summed E-state index contributed by atoms with van der Waals surface area (Å²) < 4.78 is 11.2. The second kappa shape index (κ2) is 8.72. The molecule has 3 rings (SSSR count). The van der Waals surface area contributed by atoms with Gasteiger partial charge in [-0.15, -0.1) is 0 Å². The number of ether oxygens (including phenoxy) is 2. The van der Waals surface area contributed by atoms with E-state index in [0.29, 0.717) is 11.5 Å². The highest BCUT2D eigenvalue weighted by molar-refractivity contribution is 5.73. The van der Waals surface area contributed by atoms with Crippen molar-refractivity contribution in [2.75, 3.05) is 6.61 Å². The molecule has 0 aliphatic rings. The predicted molar refractivity (Wildman–Crippen MR) is 100 cm³/mol. The van der Waals surface area contributed by atoms with Crippen LogP contribution in [0.3, 0.4) is 0 Å². The SMILES string of the molecule is O=C(O)[C@@H](CCOc1ccccc1)Oc1ccc(-c2ccccc2)cc1. The van der Waals surface area contributed by atoms with Gasteiger partial charge in [0.25, 0.3) is 0 Å². The van der Waals surface area contributed by atoms with Gasteiger partial charge in [0.15, 0.2) is 6.10 Å². The summed E-state index contributed by atoms with van der Waals surface area (Å²) in [7, 11) is 0. The molecule has 1 N–H and O–H groups in total. The maximum Gasteiger partial charge on any atom is 0.345 e. The molecular formula is C22H20O4. The maximum atomic E-state index is 11.5. The lowest BCUT2D eigenvalue weighted by molar-refractivity contribution is -0.145. The molecule has 4 heteroatoms. The number of carbonyl (C=O) groups is 1. The maximum absolute atomic E-state index is 11.5. The first-order chi connectivity index (χ1) is 12.7. The van der Waals surface area contributed by atoms with Crippen LogP contribution in [0, 0.1) is 0 Å². The van der Waals surface area contributed by atoms with E-state index in [2.05, 4.69) is 0 Å². The van der Waals surface area contributed by atoms with Gasteiger partial charge in [-0.1, -0.05) is 60.7 Å². The highest BCUT2D eigenvalue weighted by atomic mass is 16.5. The quantitative estimate of drug-likeness (QED) is 0.643. The van der Waals surface area contributed by atoms with Gasteiger partial charge in [-0.05, 0) is 35.4 Å². The summed E-state index contributed by atoms with van der Waals surface area (Å²) >= 11 is 0. The van der Waals surface area contributed by atoms with E-state index in [0.717, 1.165) is 11.1 Å². The first-order valence-electron chi connectivity index (χ1n) is 8.45. The van der Waals surface area contributed by atoms with Crippen molar-refractivity contribution in [1.29, 1.82) is 0 Å². The van der Waals surface area contributed by atoms with Crippen molar-refractivity contribution in [3.8, 4) is 22.6 Å². The summed E-state index contributed by atoms with van der Waals surface area (Å²) in [6.45, 7) is 0.267. The van der Waals surface area contributed by atoms with Crippen LogP contribution in [0.2, 0.25) is 0 Å². The van der Waals surface area contributed by atoms with Crippen LogP contribution in [-0.4, -0.2) is 23.8 Å². The Bertz CT molecular complexity index is 814. The van der Waals surface area contributed by atoms with Gasteiger partial charge < -0.3 is 14.6 Å². The molecule has 26 heavy (non-hydrogen) atoms. The van der Waals surface area contributed by atoms with Crippen LogP contribution in [-0.2, 0) is 4.79 Å². The second-order valence-corrected chi connectivity index (χ2v) is 5.79. The van der Waals surface area contributed by atoms with Crippen LogP contribution in [0.1, 0.15) is 6.42 Å². The Hall–Kier alpha value is -3.27. The average Bonchev–Trinajstić information content (AvgIpc) is 2.69. The number of benzene rings is 3. The van der Waals surface area contributed by atoms with Crippen molar-refractivity contribution in [3.63, 3.8) is 0 Å². The molecule has 1 atom stereocenters. The lowest BCUT2D eigenvalue weighted by Gasteiger charge is -2.16. The first kappa shape index (κ1) is 17.5. The Balaban J connectivity index is 1.58. The van der Waals surface area contributed by atoms with Gasteiger partial charge in [-0.3, -0.25) is 0 Å². The second-order valence-electron chi connectivity index (χ2n) is 5.79. The Labute approximate surface area is 152 Å². The van der Waals surface area contributed by atoms with E-state index in [-0.39, 0.29) is 13.0 Å². The van der Waals surface area contributed by atoms with Crippen molar-refractivity contribution in [3.05, 3.63) is 84.9 Å². The van der Waals surface area contributed by atoms with Crippen molar-refractivity contribution in [1.82, 2.24) is 0 Å². The number of para-hydroxylation sites is 1. The molecule has 3 aromatic rings. The number of hydrogen-bond acceptors (Lipinski definition) is 3. The summed E-state index contributed by atoms with van der Waals surface area (Å²) in [6.07, 6.45) is -0.703. The van der Waals surface area contributed by atoms with Crippen LogP contribution >= 0.6 is 0 Å². The number of rotatable bonds is 8. The summed E-state index contributed by atoms with van der Waals surface area (Å²) in [4.78, 5) is 11.5. The Kier molecular flexibility index (Phi) is 5.88. The van der Waals surface area contributed by atoms with Gasteiger partial charge in [0.2, 0.25) is 0 Å². The first-order valence-corrected chi connectivity index (χ1v) is 8.45. The van der Waals surface area contributed by atoms with E-state index in [1.807, 2.05) is 72.8 Å². The van der Waals surface area contributed by atoms with Crippen LogP contribution in [0.15, 0.2) is 84.9 Å². The number of aliphatic carboxylic acids is 1. The molecule has 0 spiro atoms. The molecule has 0 bridgehead atoms. The zero-order chi connectivity index (χ0) is 18.2. The van der Waals surface area contributed by atoms with Crippen molar-refractivity contribution >= 4 is 5.97 Å². The molecule has 0 radical (unpaired) electrons. The van der Waals surface area contributed by atoms with Crippen LogP contribution < -0.4 is 9.47 Å². The summed E-state index contributed by atoms with van der Waals surface area (Å²) in [6, 6.07) is 26.7. The molecule has 4 nitrogen and oxygen atoms in total. The number of carboxylic acids is 1. The molecule has 0 fully saturated rings. The molecule has 132 valence electrons. The fourth-order valence-corrected chi connectivity index (χ4v) is 2.55. The standard InChI is InChI=1S/C22H20O4/c23-22(24)21(15-16-25-19-9-5-2-6-10-19)26-20-13-11-18(12-14-20)17-7-3-1-4-8-17/h1-14,21H,15-16H2,(H,23,24)/t21-/m1/s1. The third-order valence-corrected chi connectivity index (χ3v) is 3.91.